The molecule has 0 radical (unpaired) electrons. The zero-order chi connectivity index (χ0) is 23.1. The van der Waals surface area contributed by atoms with Gasteiger partial charge in [0.15, 0.2) is 11.0 Å². The second-order valence-corrected chi connectivity index (χ2v) is 7.18. The van der Waals surface area contributed by atoms with Gasteiger partial charge in [-0.1, -0.05) is 12.1 Å². The van der Waals surface area contributed by atoms with Gasteiger partial charge in [0.1, 0.15) is 11.4 Å². The largest absolute Gasteiger partial charge is 0.497 e. The summed E-state index contributed by atoms with van der Waals surface area (Å²) in [6.45, 7) is 1.81. The molecular weight excluding hydrogens is 436 g/mol. The maximum absolute atomic E-state index is 12.4. The Bertz CT molecular complexity index is 1150. The fourth-order valence-electron chi connectivity index (χ4n) is 2.62. The van der Waals surface area contributed by atoms with Crippen molar-refractivity contribution < 1.29 is 19.2 Å². The van der Waals surface area contributed by atoms with Crippen molar-refractivity contribution >= 4 is 34.1 Å². The van der Waals surface area contributed by atoms with Crippen molar-refractivity contribution in [3.8, 4) is 17.1 Å². The molecule has 12 heteroatoms. The number of rotatable bonds is 7. The number of hydrazone groups is 1. The van der Waals surface area contributed by atoms with Crippen molar-refractivity contribution in [3.05, 3.63) is 58.6 Å². The number of methoxy groups -OCH3 is 1. The van der Waals surface area contributed by atoms with E-state index in [9.17, 15) is 14.9 Å². The molecule has 0 aliphatic heterocycles. The third-order valence-electron chi connectivity index (χ3n) is 4.20. The molecule has 0 aliphatic rings. The van der Waals surface area contributed by atoms with Crippen LogP contribution in [0.15, 0.2) is 58.8 Å². The number of nitrogens with zero attached hydrogens (tertiary/aromatic N) is 5. The maximum Gasteiger partial charge on any atom is 0.365 e. The van der Waals surface area contributed by atoms with E-state index >= 15 is 0 Å². The molecule has 0 saturated heterocycles. The summed E-state index contributed by atoms with van der Waals surface area (Å²) in [4.78, 5) is 23.1. The van der Waals surface area contributed by atoms with Crippen molar-refractivity contribution in [2.75, 3.05) is 19.1 Å². The molecule has 11 nitrogen and oxygen atoms in total. The van der Waals surface area contributed by atoms with Crippen LogP contribution in [0.1, 0.15) is 6.92 Å². The molecule has 1 N–H and O–H groups in total. The van der Waals surface area contributed by atoms with Crippen molar-refractivity contribution in [1.82, 2.24) is 14.8 Å². The zero-order valence-corrected chi connectivity index (χ0v) is 18.3. The van der Waals surface area contributed by atoms with Crippen LogP contribution in [0.4, 0.5) is 11.4 Å². The molecule has 1 heterocycles. The highest BCUT2D eigenvalue weighted by molar-refractivity contribution is 8.15. The lowest BCUT2D eigenvalue weighted by Crippen LogP contribution is -2.17. The van der Waals surface area contributed by atoms with Gasteiger partial charge in [-0.05, 0) is 49.0 Å². The number of thioether (sulfide) groups is 1. The number of carbonyl (C=O) groups is 1. The quantitative estimate of drug-likeness (QED) is 0.142. The Morgan fingerprint density at radius 1 is 1.22 bits per heavy atom. The Labute approximate surface area is 187 Å². The normalized spacial score (nSPS) is 11.2. The highest BCUT2D eigenvalue weighted by Crippen LogP contribution is 2.27. The number of hydrogen-bond acceptors (Lipinski definition) is 10. The van der Waals surface area contributed by atoms with Gasteiger partial charge >= 0.3 is 5.97 Å². The van der Waals surface area contributed by atoms with Crippen LogP contribution in [-0.4, -0.2) is 44.4 Å². The number of anilines is 1. The van der Waals surface area contributed by atoms with Crippen molar-refractivity contribution in [3.63, 3.8) is 0 Å². The lowest BCUT2D eigenvalue weighted by Gasteiger charge is -2.08. The summed E-state index contributed by atoms with van der Waals surface area (Å²) in [7, 11) is 3.33. The minimum atomic E-state index is -0.697. The van der Waals surface area contributed by atoms with E-state index in [1.54, 1.807) is 43.8 Å². The Hall–Kier alpha value is -3.93. The van der Waals surface area contributed by atoms with Crippen LogP contribution in [0.3, 0.4) is 0 Å². The predicted octanol–water partition coefficient (Wildman–Crippen LogP) is 3.48. The Kier molecular flexibility index (Phi) is 7.39. The van der Waals surface area contributed by atoms with E-state index in [-0.39, 0.29) is 23.0 Å². The summed E-state index contributed by atoms with van der Waals surface area (Å²) in [5.74, 6) is 0.589. The van der Waals surface area contributed by atoms with Crippen molar-refractivity contribution in [2.45, 2.75) is 12.1 Å². The van der Waals surface area contributed by atoms with E-state index in [0.717, 1.165) is 17.3 Å². The number of ether oxygens (including phenoxy) is 2. The molecule has 32 heavy (non-hydrogen) atoms. The standard InChI is InChI=1S/C20H20N6O5S/c1-4-31-19(27)18(23-21-15-7-5-6-8-16(15)26(28)29)32-20-24-22-17(25(20)2)13-9-11-14(30-3)12-10-13/h5-12,21H,4H2,1-3H3/b23-18-. The van der Waals surface area contributed by atoms with Crippen molar-refractivity contribution in [1.29, 1.82) is 0 Å². The summed E-state index contributed by atoms with van der Waals surface area (Å²) in [6.07, 6.45) is 0. The first-order valence-corrected chi connectivity index (χ1v) is 10.2. The minimum Gasteiger partial charge on any atom is -0.497 e. The van der Waals surface area contributed by atoms with Gasteiger partial charge in [-0.15, -0.1) is 10.2 Å². The van der Waals surface area contributed by atoms with Gasteiger partial charge in [-0.2, -0.15) is 5.10 Å². The highest BCUT2D eigenvalue weighted by Gasteiger charge is 2.21. The van der Waals surface area contributed by atoms with Crippen LogP contribution >= 0.6 is 11.8 Å². The molecule has 0 saturated carbocycles. The van der Waals surface area contributed by atoms with Gasteiger partial charge in [0.25, 0.3) is 5.69 Å². The minimum absolute atomic E-state index is 0.0817. The smallest absolute Gasteiger partial charge is 0.365 e. The average molecular weight is 456 g/mol. The second kappa shape index (κ2) is 10.4. The van der Waals surface area contributed by atoms with E-state index < -0.39 is 10.9 Å². The molecule has 1 aromatic heterocycles. The topological polar surface area (TPSA) is 134 Å². The predicted molar refractivity (Wildman–Crippen MR) is 120 cm³/mol. The number of para-hydroxylation sites is 2. The molecule has 0 aliphatic carbocycles. The van der Waals surface area contributed by atoms with E-state index in [0.29, 0.717) is 16.7 Å². The molecule has 166 valence electrons. The number of hydrogen-bond donors (Lipinski definition) is 1. The summed E-state index contributed by atoms with van der Waals surface area (Å²) < 4.78 is 11.9. The molecule has 3 rings (SSSR count). The third kappa shape index (κ3) is 5.21. The number of nitro groups is 1. The molecule has 3 aromatic rings. The van der Waals surface area contributed by atoms with Gasteiger partial charge in [0.2, 0.25) is 5.04 Å². The summed E-state index contributed by atoms with van der Waals surface area (Å²) in [5.41, 5.74) is 3.34. The van der Waals surface area contributed by atoms with Crippen molar-refractivity contribution in [2.24, 2.45) is 12.1 Å². The molecule has 0 fully saturated rings. The number of aromatic nitrogens is 3. The number of esters is 1. The lowest BCUT2D eigenvalue weighted by molar-refractivity contribution is -0.384. The second-order valence-electron chi connectivity index (χ2n) is 6.22. The molecular formula is C20H20N6O5S. The zero-order valence-electron chi connectivity index (χ0n) is 17.5. The Morgan fingerprint density at radius 2 is 1.94 bits per heavy atom. The van der Waals surface area contributed by atoms with E-state index in [2.05, 4.69) is 20.7 Å². The molecule has 0 amide bonds. The summed E-state index contributed by atoms with van der Waals surface area (Å²) in [5, 5.41) is 23.9. The fraction of sp³-hybridized carbons (Fsp3) is 0.200. The monoisotopic (exact) mass is 456 g/mol. The molecule has 0 bridgehead atoms. The van der Waals surface area contributed by atoms with Crippen LogP contribution < -0.4 is 10.2 Å². The van der Waals surface area contributed by atoms with E-state index in [4.69, 9.17) is 9.47 Å². The first kappa shape index (κ1) is 22.7. The Balaban J connectivity index is 1.88. The van der Waals surface area contributed by atoms with Gasteiger partial charge in [0.05, 0.1) is 18.6 Å². The molecule has 0 spiro atoms. The van der Waals surface area contributed by atoms with Gasteiger partial charge in [0, 0.05) is 18.7 Å². The fourth-order valence-corrected chi connectivity index (χ4v) is 3.33. The van der Waals surface area contributed by atoms with Crippen LogP contribution in [0.25, 0.3) is 11.4 Å². The molecule has 0 unspecified atom stereocenters. The Morgan fingerprint density at radius 3 is 2.59 bits per heavy atom. The van der Waals surface area contributed by atoms with Crippen LogP contribution in [0, 0.1) is 10.1 Å². The number of benzene rings is 2. The molecule has 2 aromatic carbocycles. The molecule has 0 atom stereocenters. The SMILES string of the molecule is CCOC(=O)/C(=N/Nc1ccccc1[N+](=O)[O-])Sc1nnc(-c2ccc(OC)cc2)n1C. The summed E-state index contributed by atoms with van der Waals surface area (Å²) >= 11 is 0.928. The van der Waals surface area contributed by atoms with Gasteiger partial charge in [-0.25, -0.2) is 4.79 Å². The first-order valence-electron chi connectivity index (χ1n) is 9.40. The third-order valence-corrected chi connectivity index (χ3v) is 5.19. The lowest BCUT2D eigenvalue weighted by atomic mass is 10.2. The van der Waals surface area contributed by atoms with Crippen LogP contribution in [0.5, 0.6) is 5.75 Å². The maximum atomic E-state index is 12.4. The van der Waals surface area contributed by atoms with Gasteiger partial charge < -0.3 is 14.0 Å². The van der Waals surface area contributed by atoms with E-state index in [1.807, 2.05) is 12.1 Å². The van der Waals surface area contributed by atoms with Crippen LogP contribution in [0.2, 0.25) is 0 Å². The first-order chi connectivity index (χ1) is 15.4. The van der Waals surface area contributed by atoms with E-state index in [1.165, 1.54) is 18.2 Å². The number of nitrogens with one attached hydrogen (secondary N) is 1. The van der Waals surface area contributed by atoms with Gasteiger partial charge in [-0.3, -0.25) is 15.5 Å². The average Bonchev–Trinajstić information content (AvgIpc) is 3.16. The number of carbonyl (C=O) groups excluding carboxylic acids is 1. The highest BCUT2D eigenvalue weighted by atomic mass is 32.2. The summed E-state index contributed by atoms with van der Waals surface area (Å²) in [6, 6.07) is 13.3. The number of nitro benzene ring substituents is 1. The van der Waals surface area contributed by atoms with Crippen LogP contribution in [-0.2, 0) is 16.6 Å².